The molecule has 7 rings (SSSR count). The third kappa shape index (κ3) is 2.42. The van der Waals surface area contributed by atoms with Crippen molar-refractivity contribution in [3.8, 4) is 5.69 Å². The summed E-state index contributed by atoms with van der Waals surface area (Å²) < 4.78 is 4.60. The zero-order chi connectivity index (χ0) is 20.7. The van der Waals surface area contributed by atoms with Gasteiger partial charge in [0, 0.05) is 25.1 Å². The Kier molecular flexibility index (Phi) is 3.62. The normalized spacial score (nSPS) is 12.2. The Morgan fingerprint density at radius 1 is 0.484 bits per heavy atom. The summed E-state index contributed by atoms with van der Waals surface area (Å²) in [7, 11) is 0. The van der Waals surface area contributed by atoms with Crippen molar-refractivity contribution >= 4 is 86.0 Å². The van der Waals surface area contributed by atoms with Gasteiger partial charge in [-0.15, -0.1) is 0 Å². The molecule has 0 atom stereocenters. The molecule has 0 fully saturated rings. The van der Waals surface area contributed by atoms with Crippen molar-refractivity contribution in [2.45, 2.75) is 0 Å². The Morgan fingerprint density at radius 2 is 1.03 bits per heavy atom. The number of hydrogen-bond donors (Lipinski definition) is 0. The van der Waals surface area contributed by atoms with Crippen LogP contribution in [-0.2, 0) is 0 Å². The molecule has 0 saturated carbocycles. The molecule has 0 aliphatic rings. The van der Waals surface area contributed by atoms with Gasteiger partial charge in [0.05, 0.1) is 16.7 Å². The lowest BCUT2D eigenvalue weighted by atomic mass is 9.93. The van der Waals surface area contributed by atoms with Gasteiger partial charge in [-0.3, -0.25) is 0 Å². The van der Waals surface area contributed by atoms with Crippen LogP contribution in [0.5, 0.6) is 0 Å². The van der Waals surface area contributed by atoms with Gasteiger partial charge < -0.3 is 4.57 Å². The van der Waals surface area contributed by atoms with Gasteiger partial charge in [-0.1, -0.05) is 80.4 Å². The van der Waals surface area contributed by atoms with Crippen LogP contribution in [0.25, 0.3) is 59.8 Å². The first kappa shape index (κ1) is 17.8. The van der Waals surface area contributed by atoms with Crippen molar-refractivity contribution in [3.05, 3.63) is 99.9 Å². The first-order chi connectivity index (χ1) is 15.2. The standard InChI is InChI=1S/C28H15Br2N/c29-19-8-12-25-22(14-19)23-15-20(30)9-13-26(23)31(25)24-11-7-18-5-4-16-2-1-3-17-6-10-21(24)28(18)27(16)17/h1-15H. The smallest absolute Gasteiger partial charge is 0.0542 e. The molecule has 0 amide bonds. The van der Waals surface area contributed by atoms with E-state index in [0.29, 0.717) is 0 Å². The molecule has 3 heteroatoms. The lowest BCUT2D eigenvalue weighted by Crippen LogP contribution is -1.96. The van der Waals surface area contributed by atoms with Gasteiger partial charge >= 0.3 is 0 Å². The van der Waals surface area contributed by atoms with E-state index in [4.69, 9.17) is 0 Å². The lowest BCUT2D eigenvalue weighted by Gasteiger charge is -2.16. The average Bonchev–Trinajstić information content (AvgIpc) is 3.10. The van der Waals surface area contributed by atoms with Gasteiger partial charge in [-0.2, -0.15) is 0 Å². The summed E-state index contributed by atoms with van der Waals surface area (Å²) in [6.45, 7) is 0. The summed E-state index contributed by atoms with van der Waals surface area (Å²) >= 11 is 7.33. The number of halogens is 2. The highest BCUT2D eigenvalue weighted by molar-refractivity contribution is 9.10. The maximum Gasteiger partial charge on any atom is 0.0542 e. The monoisotopic (exact) mass is 523 g/mol. The minimum Gasteiger partial charge on any atom is -0.309 e. The number of hydrogen-bond acceptors (Lipinski definition) is 0. The molecule has 0 unspecified atom stereocenters. The van der Waals surface area contributed by atoms with Crippen molar-refractivity contribution in [1.82, 2.24) is 4.57 Å². The molecule has 0 spiro atoms. The summed E-state index contributed by atoms with van der Waals surface area (Å²) in [5, 5.41) is 10.3. The van der Waals surface area contributed by atoms with Crippen molar-refractivity contribution in [1.29, 1.82) is 0 Å². The van der Waals surface area contributed by atoms with Crippen molar-refractivity contribution < 1.29 is 0 Å². The van der Waals surface area contributed by atoms with Gasteiger partial charge in [0.25, 0.3) is 0 Å². The molecule has 146 valence electrons. The SMILES string of the molecule is Brc1ccc2c(c1)c1cc(Br)ccc1n2-c1ccc2ccc3cccc4ccc1c2c34. The van der Waals surface area contributed by atoms with Crippen LogP contribution >= 0.6 is 31.9 Å². The summed E-state index contributed by atoms with van der Waals surface area (Å²) in [6.07, 6.45) is 0. The fourth-order valence-corrected chi connectivity index (χ4v) is 5.86. The summed E-state index contributed by atoms with van der Waals surface area (Å²) in [5.74, 6) is 0. The van der Waals surface area contributed by atoms with E-state index in [1.807, 2.05) is 0 Å². The maximum absolute atomic E-state index is 3.67. The molecule has 1 aromatic heterocycles. The first-order valence-corrected chi connectivity index (χ1v) is 11.8. The van der Waals surface area contributed by atoms with Crippen molar-refractivity contribution in [2.24, 2.45) is 0 Å². The fraction of sp³-hybridized carbons (Fsp3) is 0. The zero-order valence-corrected chi connectivity index (χ0v) is 19.5. The highest BCUT2D eigenvalue weighted by atomic mass is 79.9. The predicted octanol–water partition coefficient (Wildman–Crippen LogP) is 9.21. The molecule has 0 bridgehead atoms. The Labute approximate surface area is 195 Å². The van der Waals surface area contributed by atoms with Gasteiger partial charge in [0.1, 0.15) is 0 Å². The van der Waals surface area contributed by atoms with Crippen molar-refractivity contribution in [3.63, 3.8) is 0 Å². The highest BCUT2D eigenvalue weighted by Gasteiger charge is 2.17. The quantitative estimate of drug-likeness (QED) is 0.188. The Bertz CT molecular complexity index is 1730. The molecular weight excluding hydrogens is 510 g/mol. The van der Waals surface area contributed by atoms with E-state index in [1.54, 1.807) is 0 Å². The molecule has 0 N–H and O–H groups in total. The van der Waals surface area contributed by atoms with E-state index in [-0.39, 0.29) is 0 Å². The minimum atomic E-state index is 1.09. The molecule has 0 saturated heterocycles. The molecule has 1 heterocycles. The Balaban J connectivity index is 1.71. The second-order valence-electron chi connectivity index (χ2n) is 8.10. The molecule has 1 nitrogen and oxygen atoms in total. The summed E-state index contributed by atoms with van der Waals surface area (Å²) in [6, 6.07) is 33.2. The fourth-order valence-electron chi connectivity index (χ4n) is 5.14. The lowest BCUT2D eigenvalue weighted by molar-refractivity contribution is 1.20. The van der Waals surface area contributed by atoms with E-state index in [0.717, 1.165) is 8.95 Å². The minimum absolute atomic E-state index is 1.09. The first-order valence-electron chi connectivity index (χ1n) is 10.3. The van der Waals surface area contributed by atoms with E-state index < -0.39 is 0 Å². The van der Waals surface area contributed by atoms with Crippen LogP contribution in [0, 0.1) is 0 Å². The number of fused-ring (bicyclic) bond motifs is 3. The average molecular weight is 525 g/mol. The van der Waals surface area contributed by atoms with Crippen LogP contribution in [0.3, 0.4) is 0 Å². The van der Waals surface area contributed by atoms with Crippen LogP contribution in [0.4, 0.5) is 0 Å². The topological polar surface area (TPSA) is 4.93 Å². The van der Waals surface area contributed by atoms with Crippen molar-refractivity contribution in [2.75, 3.05) is 0 Å². The van der Waals surface area contributed by atoms with Crippen LogP contribution in [0.1, 0.15) is 0 Å². The van der Waals surface area contributed by atoms with Gasteiger partial charge in [-0.05, 0) is 69.4 Å². The molecular formula is C28H15Br2N. The van der Waals surface area contributed by atoms with E-state index in [1.165, 1.54) is 59.8 Å². The molecule has 0 aliphatic carbocycles. The van der Waals surface area contributed by atoms with Crippen LogP contribution in [0.15, 0.2) is 99.9 Å². The second kappa shape index (κ2) is 6.32. The second-order valence-corrected chi connectivity index (χ2v) is 9.93. The molecule has 6 aromatic carbocycles. The number of nitrogens with zero attached hydrogens (tertiary/aromatic N) is 1. The number of aromatic nitrogens is 1. The van der Waals surface area contributed by atoms with E-state index in [9.17, 15) is 0 Å². The zero-order valence-electron chi connectivity index (χ0n) is 16.4. The Hall–Kier alpha value is -2.88. The van der Waals surface area contributed by atoms with Crippen LogP contribution in [0.2, 0.25) is 0 Å². The van der Waals surface area contributed by atoms with E-state index >= 15 is 0 Å². The third-order valence-electron chi connectivity index (χ3n) is 6.44. The van der Waals surface area contributed by atoms with Gasteiger partial charge in [-0.25, -0.2) is 0 Å². The van der Waals surface area contributed by atoms with E-state index in [2.05, 4.69) is 127 Å². The molecule has 0 radical (unpaired) electrons. The summed E-state index contributed by atoms with van der Waals surface area (Å²) in [5.41, 5.74) is 3.65. The van der Waals surface area contributed by atoms with Gasteiger partial charge in [0.2, 0.25) is 0 Å². The molecule has 31 heavy (non-hydrogen) atoms. The van der Waals surface area contributed by atoms with Gasteiger partial charge in [0.15, 0.2) is 0 Å². The summed E-state index contributed by atoms with van der Waals surface area (Å²) in [4.78, 5) is 0. The largest absolute Gasteiger partial charge is 0.309 e. The third-order valence-corrected chi connectivity index (χ3v) is 7.42. The number of rotatable bonds is 1. The highest BCUT2D eigenvalue weighted by Crippen LogP contribution is 2.41. The number of benzene rings is 6. The molecule has 7 aromatic rings. The molecule has 0 aliphatic heterocycles. The Morgan fingerprint density at radius 3 is 1.68 bits per heavy atom. The van der Waals surface area contributed by atoms with Crippen LogP contribution < -0.4 is 0 Å². The maximum atomic E-state index is 3.67. The van der Waals surface area contributed by atoms with Crippen LogP contribution in [-0.4, -0.2) is 4.57 Å². The predicted molar refractivity (Wildman–Crippen MR) is 140 cm³/mol.